The van der Waals surface area contributed by atoms with Crippen LogP contribution in [0.5, 0.6) is 0 Å². The average molecular weight is 246 g/mol. The van der Waals surface area contributed by atoms with E-state index in [2.05, 4.69) is 18.4 Å². The third-order valence-corrected chi connectivity index (χ3v) is 4.08. The molecule has 1 aromatic heterocycles. The van der Waals surface area contributed by atoms with Crippen LogP contribution in [0.1, 0.15) is 33.9 Å². The van der Waals surface area contributed by atoms with E-state index in [9.17, 15) is 4.79 Å². The quantitative estimate of drug-likeness (QED) is 0.602. The van der Waals surface area contributed by atoms with Gasteiger partial charge in [-0.05, 0) is 6.92 Å². The lowest BCUT2D eigenvalue weighted by Gasteiger charge is -2.05. The predicted octanol–water partition coefficient (Wildman–Crippen LogP) is 3.10. The summed E-state index contributed by atoms with van der Waals surface area (Å²) < 4.78 is 2.05. The normalized spacial score (nSPS) is 12.4. The second-order valence-electron chi connectivity index (χ2n) is 4.18. The van der Waals surface area contributed by atoms with Crippen LogP contribution < -0.4 is 4.57 Å². The Bertz CT molecular complexity index is 530. The maximum Gasteiger partial charge on any atom is 0.230 e. The zero-order valence-corrected chi connectivity index (χ0v) is 11.1. The molecule has 0 spiro atoms. The minimum atomic E-state index is -0.137. The maximum atomic E-state index is 12.3. The number of thiazole rings is 1. The Labute approximate surface area is 106 Å². The number of hydrogen-bond acceptors (Lipinski definition) is 2. The third-order valence-electron chi connectivity index (χ3n) is 3.09. The molecule has 1 atom stereocenters. The van der Waals surface area contributed by atoms with Gasteiger partial charge in [-0.3, -0.25) is 4.79 Å². The van der Waals surface area contributed by atoms with Crippen molar-refractivity contribution in [2.45, 2.75) is 26.8 Å². The summed E-state index contributed by atoms with van der Waals surface area (Å²) >= 11 is 1.68. The van der Waals surface area contributed by atoms with Crippen LogP contribution >= 0.6 is 11.3 Å². The molecule has 2 nitrogen and oxygen atoms in total. The zero-order chi connectivity index (χ0) is 12.4. The van der Waals surface area contributed by atoms with Crippen molar-refractivity contribution in [3.8, 4) is 0 Å². The highest BCUT2D eigenvalue weighted by Gasteiger charge is 2.26. The molecule has 2 rings (SSSR count). The highest BCUT2D eigenvalue weighted by molar-refractivity contribution is 7.09. The van der Waals surface area contributed by atoms with Crippen molar-refractivity contribution in [3.63, 3.8) is 0 Å². The van der Waals surface area contributed by atoms with Gasteiger partial charge < -0.3 is 0 Å². The lowest BCUT2D eigenvalue weighted by Crippen LogP contribution is -2.42. The first-order chi connectivity index (χ1) is 8.11. The summed E-state index contributed by atoms with van der Waals surface area (Å²) in [5, 5.41) is 0. The Morgan fingerprint density at radius 3 is 2.41 bits per heavy atom. The van der Waals surface area contributed by atoms with Crippen molar-refractivity contribution in [1.29, 1.82) is 0 Å². The van der Waals surface area contributed by atoms with Gasteiger partial charge in [0.15, 0.2) is 5.69 Å². The number of hydrogen-bond donors (Lipinski definition) is 0. The molecule has 1 heterocycles. The van der Waals surface area contributed by atoms with Gasteiger partial charge in [0.2, 0.25) is 17.3 Å². The Hall–Kier alpha value is -1.48. The number of Topliss-reactive ketones (excluding diaryl/α,β-unsaturated/α-hetero) is 1. The molecule has 3 heteroatoms. The molecule has 0 saturated carbocycles. The van der Waals surface area contributed by atoms with Crippen molar-refractivity contribution >= 4 is 17.1 Å². The van der Waals surface area contributed by atoms with E-state index >= 15 is 0 Å². The number of aromatic nitrogens is 1. The topological polar surface area (TPSA) is 20.9 Å². The fourth-order valence-electron chi connectivity index (χ4n) is 1.83. The Morgan fingerprint density at radius 2 is 1.88 bits per heavy atom. The number of carbonyl (C=O) groups excluding carboxylic acids is 1. The standard InChI is InChI=1S/C14H16NOS/c1-10-12(3)17-9-15(10)11(2)14(16)13-7-5-4-6-8-13/h4-9,11H,1-3H3/q+1. The molecule has 0 aliphatic heterocycles. The van der Waals surface area contributed by atoms with Crippen molar-refractivity contribution in [1.82, 2.24) is 0 Å². The number of rotatable bonds is 3. The summed E-state index contributed by atoms with van der Waals surface area (Å²) in [6.45, 7) is 6.09. The monoisotopic (exact) mass is 246 g/mol. The first-order valence-corrected chi connectivity index (χ1v) is 6.54. The van der Waals surface area contributed by atoms with E-state index in [0.29, 0.717) is 0 Å². The summed E-state index contributed by atoms with van der Waals surface area (Å²) in [5.41, 5.74) is 3.97. The molecule has 17 heavy (non-hydrogen) atoms. The van der Waals surface area contributed by atoms with Crippen LogP contribution in [-0.2, 0) is 0 Å². The van der Waals surface area contributed by atoms with E-state index in [1.165, 1.54) is 10.6 Å². The van der Waals surface area contributed by atoms with Crippen molar-refractivity contribution in [2.75, 3.05) is 0 Å². The molecule has 0 aliphatic carbocycles. The van der Waals surface area contributed by atoms with Gasteiger partial charge in [0.1, 0.15) is 0 Å². The molecular formula is C14H16NOS+. The summed E-state index contributed by atoms with van der Waals surface area (Å²) in [7, 11) is 0. The minimum Gasteiger partial charge on any atom is -0.287 e. The number of benzene rings is 1. The molecule has 0 radical (unpaired) electrons. The fourth-order valence-corrected chi connectivity index (χ4v) is 2.72. The van der Waals surface area contributed by atoms with Crippen LogP contribution in [0.4, 0.5) is 0 Å². The van der Waals surface area contributed by atoms with Crippen molar-refractivity contribution < 1.29 is 9.36 Å². The molecule has 0 aliphatic rings. The fraction of sp³-hybridized carbons (Fsp3) is 0.286. The molecule has 88 valence electrons. The molecule has 1 unspecified atom stereocenters. The summed E-state index contributed by atoms with van der Waals surface area (Å²) in [6.07, 6.45) is 0. The van der Waals surface area contributed by atoms with Crippen LogP contribution in [0.15, 0.2) is 35.8 Å². The Balaban J connectivity index is 2.30. The molecule has 1 aromatic carbocycles. The van der Waals surface area contributed by atoms with E-state index in [4.69, 9.17) is 0 Å². The van der Waals surface area contributed by atoms with Gasteiger partial charge in [-0.1, -0.05) is 41.7 Å². The molecule has 0 saturated heterocycles. The average Bonchev–Trinajstić information content (AvgIpc) is 2.69. The first kappa shape index (κ1) is 12.0. The van der Waals surface area contributed by atoms with Crippen LogP contribution in [0, 0.1) is 13.8 Å². The maximum absolute atomic E-state index is 12.3. The van der Waals surface area contributed by atoms with E-state index in [-0.39, 0.29) is 11.8 Å². The van der Waals surface area contributed by atoms with Crippen molar-refractivity contribution in [3.05, 3.63) is 52.0 Å². The third kappa shape index (κ3) is 2.29. The molecule has 0 fully saturated rings. The van der Waals surface area contributed by atoms with E-state index < -0.39 is 0 Å². The number of nitrogens with zero attached hydrogens (tertiary/aromatic N) is 1. The minimum absolute atomic E-state index is 0.137. The lowest BCUT2D eigenvalue weighted by molar-refractivity contribution is -0.705. The van der Waals surface area contributed by atoms with E-state index in [1.54, 1.807) is 11.3 Å². The summed E-state index contributed by atoms with van der Waals surface area (Å²) in [4.78, 5) is 13.6. The summed E-state index contributed by atoms with van der Waals surface area (Å²) in [5.74, 6) is 0.163. The number of ketones is 1. The molecule has 2 aromatic rings. The second-order valence-corrected chi connectivity index (χ2v) is 5.24. The van der Waals surface area contributed by atoms with Gasteiger partial charge in [0.25, 0.3) is 0 Å². The van der Waals surface area contributed by atoms with E-state index in [1.807, 2.05) is 42.8 Å². The van der Waals surface area contributed by atoms with Gasteiger partial charge in [-0.15, -0.1) is 0 Å². The second kappa shape index (κ2) is 4.80. The predicted molar refractivity (Wildman–Crippen MR) is 69.5 cm³/mol. The van der Waals surface area contributed by atoms with Gasteiger partial charge in [0.05, 0.1) is 4.88 Å². The largest absolute Gasteiger partial charge is 0.287 e. The molecule has 0 N–H and O–H groups in total. The number of carbonyl (C=O) groups is 1. The number of aryl methyl sites for hydroxylation is 1. The SMILES string of the molecule is Cc1sc[n+](C(C)C(=O)c2ccccc2)c1C. The van der Waals surface area contributed by atoms with Crippen LogP contribution in [-0.4, -0.2) is 5.78 Å². The summed E-state index contributed by atoms with van der Waals surface area (Å²) in [6, 6.07) is 9.32. The smallest absolute Gasteiger partial charge is 0.230 e. The van der Waals surface area contributed by atoms with Gasteiger partial charge in [0, 0.05) is 19.4 Å². The zero-order valence-electron chi connectivity index (χ0n) is 10.3. The molecule has 0 bridgehead atoms. The van der Waals surface area contributed by atoms with Gasteiger partial charge in [-0.25, -0.2) is 0 Å². The van der Waals surface area contributed by atoms with Crippen LogP contribution in [0.3, 0.4) is 0 Å². The van der Waals surface area contributed by atoms with E-state index in [0.717, 1.165) is 5.56 Å². The van der Waals surface area contributed by atoms with Gasteiger partial charge >= 0.3 is 0 Å². The van der Waals surface area contributed by atoms with Crippen molar-refractivity contribution in [2.24, 2.45) is 0 Å². The highest BCUT2D eigenvalue weighted by Crippen LogP contribution is 2.14. The molecular weight excluding hydrogens is 230 g/mol. The van der Waals surface area contributed by atoms with Crippen LogP contribution in [0.25, 0.3) is 0 Å². The van der Waals surface area contributed by atoms with Crippen LogP contribution in [0.2, 0.25) is 0 Å². The van der Waals surface area contributed by atoms with Gasteiger partial charge in [-0.2, -0.15) is 4.57 Å². The highest BCUT2D eigenvalue weighted by atomic mass is 32.1. The first-order valence-electron chi connectivity index (χ1n) is 5.66. The Kier molecular flexibility index (Phi) is 3.38. The molecule has 0 amide bonds. The Morgan fingerprint density at radius 1 is 1.24 bits per heavy atom. The lowest BCUT2D eigenvalue weighted by atomic mass is 10.1.